The van der Waals surface area contributed by atoms with Gasteiger partial charge < -0.3 is 19.7 Å². The van der Waals surface area contributed by atoms with Gasteiger partial charge in [-0.2, -0.15) is 0 Å². The summed E-state index contributed by atoms with van der Waals surface area (Å²) in [5.41, 5.74) is 0. The fraction of sp³-hybridized carbons (Fsp3) is 0.875. The van der Waals surface area contributed by atoms with E-state index in [1.165, 1.54) is 7.11 Å². The maximum Gasteiger partial charge on any atom is 0.337 e. The molecule has 5 nitrogen and oxygen atoms in total. The second-order valence-corrected chi connectivity index (χ2v) is 3.18. The molecule has 1 fully saturated rings. The van der Waals surface area contributed by atoms with Crippen molar-refractivity contribution in [2.45, 2.75) is 37.8 Å². The van der Waals surface area contributed by atoms with Crippen LogP contribution in [0.3, 0.4) is 0 Å². The van der Waals surface area contributed by atoms with Gasteiger partial charge in [-0.3, -0.25) is 0 Å². The minimum atomic E-state index is -1.19. The molecule has 76 valence electrons. The van der Waals surface area contributed by atoms with E-state index < -0.39 is 24.3 Å². The van der Waals surface area contributed by atoms with Crippen LogP contribution in [0.5, 0.6) is 0 Å². The number of hydrogen-bond donors (Lipinski definition) is 2. The summed E-state index contributed by atoms with van der Waals surface area (Å²) >= 11 is 0. The zero-order chi connectivity index (χ0) is 10.0. The molecule has 13 heavy (non-hydrogen) atoms. The Morgan fingerprint density at radius 1 is 1.54 bits per heavy atom. The van der Waals surface area contributed by atoms with Crippen molar-refractivity contribution in [2.24, 2.45) is 0 Å². The molecule has 0 amide bonds. The molecule has 0 radical (unpaired) electrons. The van der Waals surface area contributed by atoms with Gasteiger partial charge in [0.15, 0.2) is 6.10 Å². The highest BCUT2D eigenvalue weighted by atomic mass is 16.6. The third-order valence-electron chi connectivity index (χ3n) is 2.09. The Labute approximate surface area is 76.3 Å². The number of hydrogen-bond acceptors (Lipinski definition) is 5. The molecule has 1 aliphatic rings. The van der Waals surface area contributed by atoms with E-state index in [1.54, 1.807) is 6.92 Å². The molecule has 1 rings (SSSR count). The lowest BCUT2D eigenvalue weighted by Crippen LogP contribution is -2.51. The van der Waals surface area contributed by atoms with Gasteiger partial charge in [-0.15, -0.1) is 0 Å². The second-order valence-electron chi connectivity index (χ2n) is 3.18. The van der Waals surface area contributed by atoms with Crippen LogP contribution in [0, 0.1) is 0 Å². The Balaban J connectivity index is 2.66. The van der Waals surface area contributed by atoms with Crippen molar-refractivity contribution in [3.63, 3.8) is 0 Å². The number of carbonyl (C=O) groups excluding carboxylic acids is 1. The first-order valence-electron chi connectivity index (χ1n) is 4.15. The van der Waals surface area contributed by atoms with Crippen LogP contribution in [-0.4, -0.2) is 47.7 Å². The summed E-state index contributed by atoms with van der Waals surface area (Å²) in [5.74, 6) is -0.655. The van der Waals surface area contributed by atoms with Crippen LogP contribution in [0.2, 0.25) is 0 Å². The summed E-state index contributed by atoms with van der Waals surface area (Å²) < 4.78 is 9.56. The van der Waals surface area contributed by atoms with E-state index in [2.05, 4.69) is 4.74 Å². The normalized spacial score (nSPS) is 40.0. The fourth-order valence-electron chi connectivity index (χ4n) is 1.38. The van der Waals surface area contributed by atoms with E-state index in [0.29, 0.717) is 6.42 Å². The van der Waals surface area contributed by atoms with Crippen LogP contribution in [0.1, 0.15) is 13.3 Å². The molecule has 1 heterocycles. The third kappa shape index (κ3) is 2.18. The summed E-state index contributed by atoms with van der Waals surface area (Å²) in [6.07, 6.45) is -3.10. The Kier molecular flexibility index (Phi) is 3.24. The van der Waals surface area contributed by atoms with Gasteiger partial charge in [-0.05, 0) is 6.92 Å². The lowest BCUT2D eigenvalue weighted by molar-refractivity contribution is -0.193. The van der Waals surface area contributed by atoms with Crippen LogP contribution in [-0.2, 0) is 14.3 Å². The van der Waals surface area contributed by atoms with E-state index in [9.17, 15) is 15.0 Å². The predicted molar refractivity (Wildman–Crippen MR) is 43.0 cm³/mol. The van der Waals surface area contributed by atoms with E-state index in [0.717, 1.165) is 0 Å². The molecule has 0 aromatic heterocycles. The highest BCUT2D eigenvalue weighted by molar-refractivity contribution is 5.75. The predicted octanol–water partition coefficient (Wildman–Crippen LogP) is -0.941. The number of methoxy groups -OCH3 is 1. The van der Waals surface area contributed by atoms with Crippen molar-refractivity contribution in [3.8, 4) is 0 Å². The molecule has 0 bridgehead atoms. The van der Waals surface area contributed by atoms with Gasteiger partial charge in [0.2, 0.25) is 0 Å². The summed E-state index contributed by atoms with van der Waals surface area (Å²) in [6.45, 7) is 1.73. The molecular formula is C8H14O5. The average molecular weight is 190 g/mol. The molecule has 4 atom stereocenters. The Bertz CT molecular complexity index is 193. The maximum atomic E-state index is 11.1. The van der Waals surface area contributed by atoms with E-state index in [4.69, 9.17) is 4.74 Å². The summed E-state index contributed by atoms with van der Waals surface area (Å²) in [4.78, 5) is 11.1. The van der Waals surface area contributed by atoms with Gasteiger partial charge in [0.1, 0.15) is 6.10 Å². The molecule has 2 N–H and O–H groups in total. The average Bonchev–Trinajstić information content (AvgIpc) is 2.10. The van der Waals surface area contributed by atoms with Gasteiger partial charge in [0, 0.05) is 6.42 Å². The minimum absolute atomic E-state index is 0.248. The van der Waals surface area contributed by atoms with Crippen molar-refractivity contribution < 1.29 is 24.5 Å². The first-order valence-corrected chi connectivity index (χ1v) is 4.15. The van der Waals surface area contributed by atoms with Crippen molar-refractivity contribution in [1.82, 2.24) is 0 Å². The van der Waals surface area contributed by atoms with Crippen LogP contribution in [0.25, 0.3) is 0 Å². The number of rotatable bonds is 1. The quantitative estimate of drug-likeness (QED) is 0.522. The van der Waals surface area contributed by atoms with Crippen LogP contribution in [0.15, 0.2) is 0 Å². The first kappa shape index (κ1) is 10.4. The molecule has 0 saturated carbocycles. The fourth-order valence-corrected chi connectivity index (χ4v) is 1.38. The van der Waals surface area contributed by atoms with Gasteiger partial charge in [0.05, 0.1) is 19.3 Å². The van der Waals surface area contributed by atoms with Crippen LogP contribution >= 0.6 is 0 Å². The van der Waals surface area contributed by atoms with Crippen LogP contribution in [0.4, 0.5) is 0 Å². The largest absolute Gasteiger partial charge is 0.467 e. The number of aliphatic hydroxyl groups is 2. The molecule has 1 unspecified atom stereocenters. The van der Waals surface area contributed by atoms with E-state index in [1.807, 2.05) is 0 Å². The number of ether oxygens (including phenoxy) is 2. The lowest BCUT2D eigenvalue weighted by atomic mass is 9.99. The Morgan fingerprint density at radius 2 is 2.15 bits per heavy atom. The maximum absolute atomic E-state index is 11.1. The molecule has 5 heteroatoms. The van der Waals surface area contributed by atoms with Crippen LogP contribution < -0.4 is 0 Å². The Morgan fingerprint density at radius 3 is 2.69 bits per heavy atom. The van der Waals surface area contributed by atoms with Crippen molar-refractivity contribution >= 4 is 5.97 Å². The summed E-state index contributed by atoms with van der Waals surface area (Å²) in [6, 6.07) is 0. The van der Waals surface area contributed by atoms with E-state index >= 15 is 0 Å². The molecule has 0 spiro atoms. The topological polar surface area (TPSA) is 76.0 Å². The molecule has 0 aromatic rings. The SMILES string of the molecule is COC(=O)C1O[C@H](C)C[C@H](O)[C@H]1O. The monoisotopic (exact) mass is 190 g/mol. The highest BCUT2D eigenvalue weighted by Crippen LogP contribution is 2.20. The van der Waals surface area contributed by atoms with Gasteiger partial charge in [0.25, 0.3) is 0 Å². The highest BCUT2D eigenvalue weighted by Gasteiger charge is 2.40. The molecule has 1 aliphatic heterocycles. The Hall–Kier alpha value is -0.650. The zero-order valence-corrected chi connectivity index (χ0v) is 7.64. The molecule has 0 aromatic carbocycles. The minimum Gasteiger partial charge on any atom is -0.467 e. The van der Waals surface area contributed by atoms with Gasteiger partial charge in [-0.1, -0.05) is 0 Å². The third-order valence-corrected chi connectivity index (χ3v) is 2.09. The molecule has 0 aliphatic carbocycles. The second kappa shape index (κ2) is 4.04. The van der Waals surface area contributed by atoms with Crippen molar-refractivity contribution in [2.75, 3.05) is 7.11 Å². The summed E-state index contributed by atoms with van der Waals surface area (Å²) in [5, 5.41) is 18.7. The zero-order valence-electron chi connectivity index (χ0n) is 7.64. The summed E-state index contributed by atoms with van der Waals surface area (Å²) in [7, 11) is 1.21. The van der Waals surface area contributed by atoms with Gasteiger partial charge in [-0.25, -0.2) is 4.79 Å². The van der Waals surface area contributed by atoms with Gasteiger partial charge >= 0.3 is 5.97 Å². The smallest absolute Gasteiger partial charge is 0.337 e. The first-order chi connectivity index (χ1) is 6.06. The number of carbonyl (C=O) groups is 1. The van der Waals surface area contributed by atoms with Crippen molar-refractivity contribution in [3.05, 3.63) is 0 Å². The number of aliphatic hydroxyl groups excluding tert-OH is 2. The van der Waals surface area contributed by atoms with E-state index in [-0.39, 0.29) is 6.10 Å². The lowest BCUT2D eigenvalue weighted by Gasteiger charge is -2.33. The van der Waals surface area contributed by atoms with Crippen molar-refractivity contribution in [1.29, 1.82) is 0 Å². The standard InChI is InChI=1S/C8H14O5/c1-4-3-5(9)6(10)7(13-4)8(11)12-2/h4-7,9-10H,3H2,1-2H3/t4-,5+,6-,7?/m1/s1. The number of esters is 1. The molecular weight excluding hydrogens is 176 g/mol. The molecule has 1 saturated heterocycles.